The van der Waals surface area contributed by atoms with Gasteiger partial charge in [-0.2, -0.15) is 0 Å². The van der Waals surface area contributed by atoms with Crippen LogP contribution in [0, 0.1) is 0 Å². The van der Waals surface area contributed by atoms with Gasteiger partial charge in [0.15, 0.2) is 5.60 Å². The van der Waals surface area contributed by atoms with E-state index in [-0.39, 0.29) is 5.97 Å². The normalized spacial score (nSPS) is 17.0. The molecule has 4 aromatic carbocycles. The van der Waals surface area contributed by atoms with Crippen LogP contribution in [0.15, 0.2) is 84.9 Å². The number of para-hydroxylation sites is 1. The molecular formula is C30H25ClN2O3. The molecule has 1 unspecified atom stereocenters. The van der Waals surface area contributed by atoms with E-state index in [9.17, 15) is 4.79 Å². The molecule has 0 amide bonds. The zero-order valence-electron chi connectivity index (χ0n) is 20.0. The lowest BCUT2D eigenvalue weighted by molar-refractivity contribution is 0.0224. The minimum atomic E-state index is -1.09. The quantitative estimate of drug-likeness (QED) is 0.290. The molecule has 180 valence electrons. The van der Waals surface area contributed by atoms with Crippen LogP contribution in [0.2, 0.25) is 5.02 Å². The maximum absolute atomic E-state index is 13.0. The van der Waals surface area contributed by atoms with Crippen LogP contribution >= 0.6 is 11.6 Å². The molecule has 0 radical (unpaired) electrons. The Labute approximate surface area is 215 Å². The zero-order chi connectivity index (χ0) is 24.9. The molecule has 5 nitrogen and oxygen atoms in total. The van der Waals surface area contributed by atoms with Crippen LogP contribution in [0.25, 0.3) is 0 Å². The van der Waals surface area contributed by atoms with Crippen molar-refractivity contribution in [2.24, 2.45) is 0 Å². The van der Waals surface area contributed by atoms with Crippen molar-refractivity contribution in [3.63, 3.8) is 0 Å². The number of carbonyl (C=O) groups is 1. The highest BCUT2D eigenvalue weighted by Gasteiger charge is 2.53. The maximum Gasteiger partial charge on any atom is 0.340 e. The number of hydrogen-bond donors (Lipinski definition) is 1. The van der Waals surface area contributed by atoms with Crippen LogP contribution in [0.4, 0.5) is 17.1 Å². The molecule has 4 aromatic rings. The largest absolute Gasteiger partial charge is 0.456 e. The molecule has 0 bridgehead atoms. The van der Waals surface area contributed by atoms with Crippen LogP contribution in [0.5, 0.6) is 11.5 Å². The number of nitrogens with one attached hydrogen (secondary N) is 1. The molecule has 2 aliphatic heterocycles. The van der Waals surface area contributed by atoms with E-state index in [2.05, 4.69) is 24.1 Å². The summed E-state index contributed by atoms with van der Waals surface area (Å²) in [5.74, 6) is 0.971. The summed E-state index contributed by atoms with van der Waals surface area (Å²) in [6.07, 6.45) is 0. The molecule has 0 aromatic heterocycles. The first-order valence-corrected chi connectivity index (χ1v) is 12.5. The first-order valence-electron chi connectivity index (χ1n) is 12.1. The Bertz CT molecular complexity index is 1500. The SMILES string of the molecule is CCN(CC)c1cccc(Nc2ccc3c(c2)C2(OC(=O)c4ccccc42)c2ccccc2O3)c1Cl. The van der Waals surface area contributed by atoms with E-state index in [1.54, 1.807) is 0 Å². The third kappa shape index (κ3) is 3.27. The Balaban J connectivity index is 1.49. The second-order valence-electron chi connectivity index (χ2n) is 8.86. The number of halogens is 1. The molecule has 1 spiro atoms. The monoisotopic (exact) mass is 496 g/mol. The molecule has 1 N–H and O–H groups in total. The third-order valence-corrected chi connectivity index (χ3v) is 7.38. The van der Waals surface area contributed by atoms with Gasteiger partial charge in [0.05, 0.1) is 22.0 Å². The fraction of sp³-hybridized carbons (Fsp3) is 0.167. The van der Waals surface area contributed by atoms with Crippen LogP contribution in [-0.2, 0) is 10.3 Å². The molecule has 2 aliphatic rings. The first kappa shape index (κ1) is 22.5. The van der Waals surface area contributed by atoms with E-state index in [1.807, 2.05) is 84.9 Å². The highest BCUT2D eigenvalue weighted by Crippen LogP contribution is 2.56. The molecule has 0 fully saturated rings. The number of nitrogens with zero attached hydrogens (tertiary/aromatic N) is 1. The molecule has 6 rings (SSSR count). The van der Waals surface area contributed by atoms with Crippen molar-refractivity contribution in [3.8, 4) is 11.5 Å². The predicted molar refractivity (Wildman–Crippen MR) is 143 cm³/mol. The average Bonchev–Trinajstić information content (AvgIpc) is 3.20. The summed E-state index contributed by atoms with van der Waals surface area (Å²) in [5, 5.41) is 4.14. The Morgan fingerprint density at radius 3 is 2.36 bits per heavy atom. The predicted octanol–water partition coefficient (Wildman–Crippen LogP) is 7.50. The van der Waals surface area contributed by atoms with E-state index < -0.39 is 5.60 Å². The van der Waals surface area contributed by atoms with Crippen molar-refractivity contribution in [2.45, 2.75) is 19.4 Å². The molecule has 2 heterocycles. The molecule has 0 saturated carbocycles. The van der Waals surface area contributed by atoms with Crippen LogP contribution < -0.4 is 15.0 Å². The van der Waals surface area contributed by atoms with E-state index in [4.69, 9.17) is 21.1 Å². The Morgan fingerprint density at radius 1 is 0.833 bits per heavy atom. The topological polar surface area (TPSA) is 50.8 Å². The van der Waals surface area contributed by atoms with Gasteiger partial charge < -0.3 is 19.7 Å². The van der Waals surface area contributed by atoms with E-state index >= 15 is 0 Å². The first-order chi connectivity index (χ1) is 17.6. The van der Waals surface area contributed by atoms with Crippen molar-refractivity contribution in [3.05, 3.63) is 112 Å². The van der Waals surface area contributed by atoms with Gasteiger partial charge in [0, 0.05) is 35.5 Å². The van der Waals surface area contributed by atoms with Gasteiger partial charge in [-0.15, -0.1) is 0 Å². The number of fused-ring (bicyclic) bond motifs is 6. The van der Waals surface area contributed by atoms with E-state index in [1.165, 1.54) is 0 Å². The Morgan fingerprint density at radius 2 is 1.56 bits per heavy atom. The minimum Gasteiger partial charge on any atom is -0.456 e. The Hall–Kier alpha value is -3.96. The zero-order valence-corrected chi connectivity index (χ0v) is 20.8. The fourth-order valence-electron chi connectivity index (χ4n) is 5.28. The summed E-state index contributed by atoms with van der Waals surface area (Å²) >= 11 is 6.83. The number of ether oxygens (including phenoxy) is 2. The number of esters is 1. The summed E-state index contributed by atoms with van der Waals surface area (Å²) < 4.78 is 12.5. The van der Waals surface area contributed by atoms with Gasteiger partial charge in [-0.3, -0.25) is 0 Å². The molecule has 0 saturated heterocycles. The fourth-order valence-corrected chi connectivity index (χ4v) is 5.57. The average molecular weight is 497 g/mol. The Kier molecular flexibility index (Phi) is 5.38. The minimum absolute atomic E-state index is 0.346. The lowest BCUT2D eigenvalue weighted by Crippen LogP contribution is -2.33. The van der Waals surface area contributed by atoms with E-state index in [0.717, 1.165) is 46.8 Å². The smallest absolute Gasteiger partial charge is 0.340 e. The number of hydrogen-bond acceptors (Lipinski definition) is 5. The van der Waals surface area contributed by atoms with Gasteiger partial charge in [0.2, 0.25) is 0 Å². The van der Waals surface area contributed by atoms with Crippen molar-refractivity contribution >= 4 is 34.6 Å². The molecular weight excluding hydrogens is 472 g/mol. The van der Waals surface area contributed by atoms with Gasteiger partial charge in [-0.05, 0) is 56.3 Å². The standard InChI is InChI=1S/C30H25ClN2O3/c1-3-33(4-2)25-14-9-13-24(28(25)31)32-19-16-17-27-23(18-19)30(22-12-7-8-15-26(22)35-27)21-11-6-5-10-20(21)29(34)36-30/h5-18,32H,3-4H2,1-2H3. The molecule has 36 heavy (non-hydrogen) atoms. The van der Waals surface area contributed by atoms with Crippen LogP contribution in [0.1, 0.15) is 40.9 Å². The lowest BCUT2D eigenvalue weighted by Gasteiger charge is -2.36. The number of anilines is 3. The maximum atomic E-state index is 13.0. The van der Waals surface area contributed by atoms with Gasteiger partial charge in [-0.25, -0.2) is 4.79 Å². The second kappa shape index (κ2) is 8.61. The van der Waals surface area contributed by atoms with Crippen LogP contribution in [-0.4, -0.2) is 19.1 Å². The van der Waals surface area contributed by atoms with Crippen molar-refractivity contribution < 1.29 is 14.3 Å². The van der Waals surface area contributed by atoms with Crippen molar-refractivity contribution in [1.29, 1.82) is 0 Å². The van der Waals surface area contributed by atoms with Crippen molar-refractivity contribution in [1.82, 2.24) is 0 Å². The number of rotatable bonds is 5. The van der Waals surface area contributed by atoms with Crippen molar-refractivity contribution in [2.75, 3.05) is 23.3 Å². The lowest BCUT2D eigenvalue weighted by atomic mass is 9.77. The highest BCUT2D eigenvalue weighted by molar-refractivity contribution is 6.36. The van der Waals surface area contributed by atoms with Gasteiger partial charge >= 0.3 is 5.97 Å². The summed E-state index contributed by atoms with van der Waals surface area (Å²) in [6, 6.07) is 27.1. The van der Waals surface area contributed by atoms with Crippen LogP contribution in [0.3, 0.4) is 0 Å². The second-order valence-corrected chi connectivity index (χ2v) is 9.24. The molecule has 6 heteroatoms. The summed E-state index contributed by atoms with van der Waals surface area (Å²) in [5.41, 5.74) is 4.44. The summed E-state index contributed by atoms with van der Waals surface area (Å²) in [4.78, 5) is 15.3. The third-order valence-electron chi connectivity index (χ3n) is 6.98. The van der Waals surface area contributed by atoms with Gasteiger partial charge in [0.25, 0.3) is 0 Å². The summed E-state index contributed by atoms with van der Waals surface area (Å²) in [7, 11) is 0. The molecule has 1 atom stereocenters. The highest BCUT2D eigenvalue weighted by atomic mass is 35.5. The summed E-state index contributed by atoms with van der Waals surface area (Å²) in [6.45, 7) is 5.95. The van der Waals surface area contributed by atoms with E-state index in [0.29, 0.717) is 22.1 Å². The molecule has 0 aliphatic carbocycles. The van der Waals surface area contributed by atoms with Gasteiger partial charge in [-0.1, -0.05) is 54.1 Å². The number of carbonyl (C=O) groups excluding carboxylic acids is 1. The van der Waals surface area contributed by atoms with Gasteiger partial charge in [0.1, 0.15) is 11.5 Å². The number of benzene rings is 4.